The third-order valence-corrected chi connectivity index (χ3v) is 4.95. The molecule has 0 unspecified atom stereocenters. The fourth-order valence-corrected chi connectivity index (χ4v) is 3.62. The molecule has 0 saturated carbocycles. The van der Waals surface area contributed by atoms with Gasteiger partial charge in [0.15, 0.2) is 5.16 Å². The van der Waals surface area contributed by atoms with Gasteiger partial charge in [-0.05, 0) is 36.8 Å². The molecule has 0 saturated heterocycles. The number of benzene rings is 2. The van der Waals surface area contributed by atoms with E-state index < -0.39 is 11.6 Å². The highest BCUT2D eigenvalue weighted by atomic mass is 32.2. The average molecular weight is 376 g/mol. The zero-order chi connectivity index (χ0) is 18.5. The summed E-state index contributed by atoms with van der Waals surface area (Å²) < 4.78 is 33.9. The van der Waals surface area contributed by atoms with Gasteiger partial charge in [0.1, 0.15) is 11.6 Å². The Bertz CT molecular complexity index is 975. The summed E-state index contributed by atoms with van der Waals surface area (Å²) in [6, 6.07) is 10.5. The fraction of sp³-hybridized carbons (Fsp3) is 0.263. The highest BCUT2D eigenvalue weighted by Crippen LogP contribution is 2.24. The second-order valence-electron chi connectivity index (χ2n) is 5.74. The van der Waals surface area contributed by atoms with Gasteiger partial charge in [-0.1, -0.05) is 23.9 Å². The highest BCUT2D eigenvalue weighted by molar-refractivity contribution is 7.98. The summed E-state index contributed by atoms with van der Waals surface area (Å²) >= 11 is 1.21. The van der Waals surface area contributed by atoms with Gasteiger partial charge in [-0.15, -0.1) is 0 Å². The molecule has 3 rings (SSSR count). The van der Waals surface area contributed by atoms with Crippen LogP contribution in [0, 0.1) is 11.6 Å². The fourth-order valence-electron chi connectivity index (χ4n) is 2.62. The van der Waals surface area contributed by atoms with Gasteiger partial charge in [0.05, 0.1) is 10.9 Å². The molecule has 0 bridgehead atoms. The van der Waals surface area contributed by atoms with Gasteiger partial charge in [0, 0.05) is 31.6 Å². The van der Waals surface area contributed by atoms with Crippen LogP contribution >= 0.6 is 11.8 Å². The molecular weight excluding hydrogens is 358 g/mol. The molecule has 136 valence electrons. The van der Waals surface area contributed by atoms with Crippen molar-refractivity contribution >= 4 is 22.7 Å². The topological polar surface area (TPSA) is 44.1 Å². The molecule has 1 heterocycles. The number of methoxy groups -OCH3 is 1. The Balaban J connectivity index is 1.95. The van der Waals surface area contributed by atoms with E-state index in [-0.39, 0.29) is 16.9 Å². The molecule has 0 atom stereocenters. The second kappa shape index (κ2) is 8.42. The summed E-state index contributed by atoms with van der Waals surface area (Å²) in [4.78, 5) is 17.4. The van der Waals surface area contributed by atoms with Crippen molar-refractivity contribution in [3.05, 3.63) is 70.0 Å². The Kier molecular flexibility index (Phi) is 6.00. The van der Waals surface area contributed by atoms with Crippen molar-refractivity contribution in [2.45, 2.75) is 23.9 Å². The zero-order valence-electron chi connectivity index (χ0n) is 14.2. The third-order valence-electron chi connectivity index (χ3n) is 3.92. The molecule has 0 aliphatic heterocycles. The van der Waals surface area contributed by atoms with Gasteiger partial charge in [0.25, 0.3) is 5.56 Å². The number of aromatic nitrogens is 2. The van der Waals surface area contributed by atoms with Crippen molar-refractivity contribution in [2.75, 3.05) is 13.7 Å². The second-order valence-corrected chi connectivity index (χ2v) is 6.68. The summed E-state index contributed by atoms with van der Waals surface area (Å²) in [7, 11) is 1.60. The number of hydrogen-bond acceptors (Lipinski definition) is 4. The van der Waals surface area contributed by atoms with Crippen LogP contribution < -0.4 is 5.56 Å². The first-order chi connectivity index (χ1) is 12.6. The number of thioether (sulfide) groups is 1. The first-order valence-corrected chi connectivity index (χ1v) is 9.14. The number of ether oxygens (including phenoxy) is 1. The molecule has 4 nitrogen and oxygen atoms in total. The zero-order valence-corrected chi connectivity index (χ0v) is 15.1. The SMILES string of the molecule is COCCCn1c(SCc2cc(F)ccc2F)nc2ccccc2c1=O. The molecule has 0 amide bonds. The minimum absolute atomic E-state index is 0.145. The third kappa shape index (κ3) is 4.11. The van der Waals surface area contributed by atoms with Crippen LogP contribution in [-0.2, 0) is 17.0 Å². The van der Waals surface area contributed by atoms with E-state index in [9.17, 15) is 13.6 Å². The van der Waals surface area contributed by atoms with E-state index in [2.05, 4.69) is 4.98 Å². The van der Waals surface area contributed by atoms with Gasteiger partial charge in [0.2, 0.25) is 0 Å². The van der Waals surface area contributed by atoms with E-state index >= 15 is 0 Å². The number of hydrogen-bond donors (Lipinski definition) is 0. The number of fused-ring (bicyclic) bond motifs is 1. The Morgan fingerprint density at radius 1 is 1.19 bits per heavy atom. The Hall–Kier alpha value is -2.25. The first kappa shape index (κ1) is 18.5. The van der Waals surface area contributed by atoms with Crippen molar-refractivity contribution in [3.63, 3.8) is 0 Å². The Labute approximate surface area is 153 Å². The van der Waals surface area contributed by atoms with E-state index in [1.165, 1.54) is 11.8 Å². The average Bonchev–Trinajstić information content (AvgIpc) is 2.64. The lowest BCUT2D eigenvalue weighted by molar-refractivity contribution is 0.189. The summed E-state index contributed by atoms with van der Waals surface area (Å²) in [5, 5.41) is 1.01. The maximum absolute atomic E-state index is 13.9. The largest absolute Gasteiger partial charge is 0.385 e. The van der Waals surface area contributed by atoms with Crippen LogP contribution in [0.15, 0.2) is 52.4 Å². The standard InChI is InChI=1S/C19H18F2N2O2S/c1-25-10-4-9-23-18(24)15-5-2-3-6-17(15)22-19(23)26-12-13-11-14(20)7-8-16(13)21/h2-3,5-8,11H,4,9-10,12H2,1H3. The smallest absolute Gasteiger partial charge is 0.262 e. The van der Waals surface area contributed by atoms with Gasteiger partial charge in [-0.2, -0.15) is 0 Å². The molecule has 0 aliphatic carbocycles. The predicted octanol–water partition coefficient (Wildman–Crippen LogP) is 4.00. The van der Waals surface area contributed by atoms with Crippen LogP contribution in [0.5, 0.6) is 0 Å². The molecule has 7 heteroatoms. The molecule has 0 aliphatic rings. The van der Waals surface area contributed by atoms with Gasteiger partial charge < -0.3 is 4.74 Å². The number of para-hydroxylation sites is 1. The minimum Gasteiger partial charge on any atom is -0.385 e. The van der Waals surface area contributed by atoms with Gasteiger partial charge >= 0.3 is 0 Å². The van der Waals surface area contributed by atoms with E-state index in [0.29, 0.717) is 35.6 Å². The molecule has 1 aromatic heterocycles. The van der Waals surface area contributed by atoms with Crippen LogP contribution in [0.25, 0.3) is 10.9 Å². The van der Waals surface area contributed by atoms with E-state index in [1.807, 2.05) is 6.07 Å². The van der Waals surface area contributed by atoms with Gasteiger partial charge in [-0.3, -0.25) is 9.36 Å². The monoisotopic (exact) mass is 376 g/mol. The van der Waals surface area contributed by atoms with Crippen LogP contribution in [0.3, 0.4) is 0 Å². The minimum atomic E-state index is -0.494. The molecule has 0 radical (unpaired) electrons. The molecule has 3 aromatic rings. The van der Waals surface area contributed by atoms with Gasteiger partial charge in [-0.25, -0.2) is 13.8 Å². The maximum atomic E-state index is 13.9. The summed E-state index contributed by atoms with van der Waals surface area (Å²) in [6.45, 7) is 0.959. The Morgan fingerprint density at radius 3 is 2.81 bits per heavy atom. The van der Waals surface area contributed by atoms with Crippen LogP contribution in [-0.4, -0.2) is 23.3 Å². The van der Waals surface area contributed by atoms with Crippen molar-refractivity contribution in [3.8, 4) is 0 Å². The van der Waals surface area contributed by atoms with Crippen LogP contribution in [0.4, 0.5) is 8.78 Å². The van der Waals surface area contributed by atoms with E-state index in [1.54, 1.807) is 29.9 Å². The van der Waals surface area contributed by atoms with Crippen LogP contribution in [0.1, 0.15) is 12.0 Å². The van der Waals surface area contributed by atoms with Crippen molar-refractivity contribution in [2.24, 2.45) is 0 Å². The number of halogens is 2. The molecule has 26 heavy (non-hydrogen) atoms. The molecule has 0 fully saturated rings. The molecule has 2 aromatic carbocycles. The summed E-state index contributed by atoms with van der Waals surface area (Å²) in [5.41, 5.74) is 0.678. The summed E-state index contributed by atoms with van der Waals surface area (Å²) in [5.74, 6) is -0.794. The van der Waals surface area contributed by atoms with Crippen molar-refractivity contribution < 1.29 is 13.5 Å². The normalized spacial score (nSPS) is 11.2. The lowest BCUT2D eigenvalue weighted by Crippen LogP contribution is -2.24. The summed E-state index contributed by atoms with van der Waals surface area (Å²) in [6.07, 6.45) is 0.651. The van der Waals surface area contributed by atoms with Crippen LogP contribution in [0.2, 0.25) is 0 Å². The maximum Gasteiger partial charge on any atom is 0.262 e. The molecular formula is C19H18F2N2O2S. The first-order valence-electron chi connectivity index (χ1n) is 8.15. The molecule has 0 spiro atoms. The number of nitrogens with zero attached hydrogens (tertiary/aromatic N) is 2. The predicted molar refractivity (Wildman–Crippen MR) is 98.4 cm³/mol. The van der Waals surface area contributed by atoms with E-state index in [0.717, 1.165) is 18.2 Å². The lowest BCUT2D eigenvalue weighted by atomic mass is 10.2. The Morgan fingerprint density at radius 2 is 2.00 bits per heavy atom. The van der Waals surface area contributed by atoms with E-state index in [4.69, 9.17) is 4.74 Å². The lowest BCUT2D eigenvalue weighted by Gasteiger charge is -2.13. The quantitative estimate of drug-likeness (QED) is 0.355. The highest BCUT2D eigenvalue weighted by Gasteiger charge is 2.13. The van der Waals surface area contributed by atoms with Crippen molar-refractivity contribution in [1.82, 2.24) is 9.55 Å². The molecule has 0 N–H and O–H groups in total. The number of rotatable bonds is 7. The van der Waals surface area contributed by atoms with Crippen molar-refractivity contribution in [1.29, 1.82) is 0 Å².